The van der Waals surface area contributed by atoms with Crippen molar-refractivity contribution in [2.45, 2.75) is 122 Å². The summed E-state index contributed by atoms with van der Waals surface area (Å²) >= 11 is 0. The van der Waals surface area contributed by atoms with E-state index in [9.17, 15) is 0 Å². The van der Waals surface area contributed by atoms with Crippen LogP contribution in [0.2, 0.25) is 0 Å². The lowest BCUT2D eigenvalue weighted by molar-refractivity contribution is 1.14. The summed E-state index contributed by atoms with van der Waals surface area (Å²) in [5, 5.41) is 17.0. The van der Waals surface area contributed by atoms with E-state index < -0.39 is 0 Å². The van der Waals surface area contributed by atoms with Crippen molar-refractivity contribution in [2.24, 2.45) is 0 Å². The second-order valence-corrected chi connectivity index (χ2v) is 14.3. The Balaban J connectivity index is 0.000000187. The molecule has 0 saturated carbocycles. The smallest absolute Gasteiger partial charge is 0.0143 e. The fourth-order valence-corrected chi connectivity index (χ4v) is 8.96. The summed E-state index contributed by atoms with van der Waals surface area (Å²) in [7, 11) is 0. The SMILES string of the molecule is CC.CC.CC.CCc1c2ccccc2c(CC)c2ccccc12.CCc1c2ccccc2c(CC)c2ccccc12.CCc1ccc2c(CC)c3ccccc3cc2c1. The monoisotopic (exact) mass is 793 g/mol. The largest absolute Gasteiger partial charge is 0.0683 e. The molecule has 9 aromatic carbocycles. The van der Waals surface area contributed by atoms with Crippen LogP contribution in [0.5, 0.6) is 0 Å². The van der Waals surface area contributed by atoms with Crippen LogP contribution >= 0.6 is 0 Å². The molecule has 0 bridgehead atoms. The lowest BCUT2D eigenvalue weighted by atomic mass is 9.90. The van der Waals surface area contributed by atoms with Crippen molar-refractivity contribution in [3.8, 4) is 0 Å². The highest BCUT2D eigenvalue weighted by Crippen LogP contribution is 2.35. The first kappa shape index (κ1) is 47.2. The molecule has 0 fully saturated rings. The molecule has 312 valence electrons. The molecule has 0 aliphatic rings. The molecule has 0 spiro atoms. The first-order valence-electron chi connectivity index (χ1n) is 23.3. The molecular weight excluding hydrogens is 721 g/mol. The van der Waals surface area contributed by atoms with Gasteiger partial charge >= 0.3 is 0 Å². The number of hydrogen-bond acceptors (Lipinski definition) is 0. The van der Waals surface area contributed by atoms with Crippen LogP contribution in [-0.2, 0) is 38.5 Å². The third kappa shape index (κ3) is 9.93. The molecule has 0 heterocycles. The van der Waals surface area contributed by atoms with Gasteiger partial charge in [0.2, 0.25) is 0 Å². The van der Waals surface area contributed by atoms with E-state index >= 15 is 0 Å². The van der Waals surface area contributed by atoms with E-state index in [0.29, 0.717) is 0 Å². The van der Waals surface area contributed by atoms with Crippen LogP contribution in [0, 0.1) is 0 Å². The van der Waals surface area contributed by atoms with E-state index in [-0.39, 0.29) is 0 Å². The third-order valence-corrected chi connectivity index (χ3v) is 11.5. The Bertz CT molecular complexity index is 2360. The van der Waals surface area contributed by atoms with Crippen molar-refractivity contribution in [2.75, 3.05) is 0 Å². The van der Waals surface area contributed by atoms with E-state index in [2.05, 4.69) is 187 Å². The van der Waals surface area contributed by atoms with Crippen molar-refractivity contribution >= 4 is 64.6 Å². The average Bonchev–Trinajstić information content (AvgIpc) is 3.33. The van der Waals surface area contributed by atoms with Crippen LogP contribution in [-0.4, -0.2) is 0 Å². The molecule has 9 aromatic rings. The quantitative estimate of drug-likeness (QED) is 0.147. The molecule has 0 aliphatic carbocycles. The van der Waals surface area contributed by atoms with Gasteiger partial charge in [-0.15, -0.1) is 0 Å². The molecule has 0 amide bonds. The van der Waals surface area contributed by atoms with Crippen LogP contribution in [0.1, 0.15) is 116 Å². The molecule has 0 radical (unpaired) electrons. The van der Waals surface area contributed by atoms with Gasteiger partial charge in [-0.25, -0.2) is 0 Å². The summed E-state index contributed by atoms with van der Waals surface area (Å²) in [6, 6.07) is 53.2. The predicted octanol–water partition coefficient (Wildman–Crippen LogP) is 18.4. The van der Waals surface area contributed by atoms with Crippen molar-refractivity contribution in [1.82, 2.24) is 0 Å². The molecule has 9 rings (SSSR count). The molecule has 0 heteroatoms. The summed E-state index contributed by atoms with van der Waals surface area (Å²) in [4.78, 5) is 0. The zero-order valence-corrected chi connectivity index (χ0v) is 39.1. The minimum atomic E-state index is 1.09. The molecule has 0 unspecified atom stereocenters. The van der Waals surface area contributed by atoms with Crippen molar-refractivity contribution < 1.29 is 0 Å². The van der Waals surface area contributed by atoms with Gasteiger partial charge in [-0.05, 0) is 143 Å². The van der Waals surface area contributed by atoms with E-state index in [0.717, 1.165) is 38.5 Å². The fourth-order valence-electron chi connectivity index (χ4n) is 8.96. The highest BCUT2D eigenvalue weighted by Gasteiger charge is 2.12. The molecule has 0 N–H and O–H groups in total. The van der Waals surface area contributed by atoms with Crippen LogP contribution in [0.15, 0.2) is 146 Å². The summed E-state index contributed by atoms with van der Waals surface area (Å²) in [5.41, 5.74) is 8.83. The molecule has 0 saturated heterocycles. The Kier molecular flexibility index (Phi) is 18.9. The Morgan fingerprint density at radius 3 is 0.767 bits per heavy atom. The standard InChI is InChI=1S/3C18H18.3C2H6/c2*1-3-13-15-9-5-7-11-17(15)14(4-2)18-12-8-6-10-16(13)18;1-3-13-9-10-18-15(11-13)12-14-7-5-6-8-17(14)16(18)4-2;3*1-2/h3*5-12H,3-4H2,1-2H3;3*1-2H3. The van der Waals surface area contributed by atoms with Gasteiger partial charge < -0.3 is 0 Å². The minimum Gasteiger partial charge on any atom is -0.0683 e. The number of hydrogen-bond donors (Lipinski definition) is 0. The summed E-state index contributed by atoms with van der Waals surface area (Å²) in [5.74, 6) is 0. The molecule has 0 nitrogen and oxygen atoms in total. The van der Waals surface area contributed by atoms with Gasteiger partial charge in [0, 0.05) is 0 Å². The van der Waals surface area contributed by atoms with Crippen molar-refractivity contribution in [3.05, 3.63) is 179 Å². The van der Waals surface area contributed by atoms with Crippen molar-refractivity contribution in [3.63, 3.8) is 0 Å². The topological polar surface area (TPSA) is 0 Å². The summed E-state index contributed by atoms with van der Waals surface area (Å²) in [6.45, 7) is 25.5. The van der Waals surface area contributed by atoms with E-state index in [1.807, 2.05) is 41.5 Å². The van der Waals surface area contributed by atoms with Gasteiger partial charge in [0.25, 0.3) is 0 Å². The first-order valence-corrected chi connectivity index (χ1v) is 23.3. The number of rotatable bonds is 6. The second kappa shape index (κ2) is 24.0. The van der Waals surface area contributed by atoms with Gasteiger partial charge in [0.1, 0.15) is 0 Å². The zero-order valence-electron chi connectivity index (χ0n) is 39.1. The maximum atomic E-state index is 2.33. The van der Waals surface area contributed by atoms with E-state index in [4.69, 9.17) is 0 Å². The fraction of sp³-hybridized carbons (Fsp3) is 0.300. The van der Waals surface area contributed by atoms with Crippen LogP contribution < -0.4 is 0 Å². The third-order valence-electron chi connectivity index (χ3n) is 11.5. The highest BCUT2D eigenvalue weighted by atomic mass is 14.2. The highest BCUT2D eigenvalue weighted by molar-refractivity contribution is 6.07. The average molecular weight is 793 g/mol. The van der Waals surface area contributed by atoms with E-state index in [1.54, 1.807) is 0 Å². The van der Waals surface area contributed by atoms with Gasteiger partial charge in [-0.2, -0.15) is 0 Å². The van der Waals surface area contributed by atoms with Crippen LogP contribution in [0.3, 0.4) is 0 Å². The molecule has 0 aromatic heterocycles. The normalized spacial score (nSPS) is 10.4. The van der Waals surface area contributed by atoms with Crippen LogP contribution in [0.25, 0.3) is 64.6 Å². The number of aryl methyl sites for hydroxylation is 6. The molecule has 0 atom stereocenters. The van der Waals surface area contributed by atoms with Gasteiger partial charge in [-0.1, -0.05) is 223 Å². The Hall–Kier alpha value is -5.46. The maximum Gasteiger partial charge on any atom is -0.0143 e. The maximum absolute atomic E-state index is 2.33. The van der Waals surface area contributed by atoms with Gasteiger partial charge in [0.05, 0.1) is 0 Å². The molecular formula is C60H72. The Labute approximate surface area is 363 Å². The number of fused-ring (bicyclic) bond motifs is 6. The predicted molar refractivity (Wildman–Crippen MR) is 275 cm³/mol. The zero-order chi connectivity index (χ0) is 43.6. The Morgan fingerprint density at radius 2 is 0.483 bits per heavy atom. The first-order chi connectivity index (χ1) is 29.6. The van der Waals surface area contributed by atoms with Gasteiger partial charge in [-0.3, -0.25) is 0 Å². The minimum absolute atomic E-state index is 1.09. The number of benzene rings is 9. The van der Waals surface area contributed by atoms with Gasteiger partial charge in [0.15, 0.2) is 0 Å². The second-order valence-electron chi connectivity index (χ2n) is 14.3. The summed E-state index contributed by atoms with van der Waals surface area (Å²) < 4.78 is 0. The Morgan fingerprint density at radius 1 is 0.233 bits per heavy atom. The van der Waals surface area contributed by atoms with Crippen molar-refractivity contribution in [1.29, 1.82) is 0 Å². The molecule has 60 heavy (non-hydrogen) atoms. The lowest BCUT2D eigenvalue weighted by Gasteiger charge is -2.14. The summed E-state index contributed by atoms with van der Waals surface area (Å²) in [6.07, 6.45) is 6.54. The lowest BCUT2D eigenvalue weighted by Crippen LogP contribution is -1.93. The van der Waals surface area contributed by atoms with E-state index in [1.165, 1.54) is 98.0 Å². The van der Waals surface area contributed by atoms with Crippen LogP contribution in [0.4, 0.5) is 0 Å². The molecule has 0 aliphatic heterocycles.